The SMILES string of the molecule is C=Cc1ccccc1.CC(C#N)(CCOC=O)N=NC(C)(C#N)CCC(=O)O.CC(C#N)(CCOC=O)NC(CC(CC(ON1C(C)(C)CCCC1(C)C)c1ccccc1)c1ccccc1)c1ccccc1.CC1(C)CCCC(C)(C)N1O. The van der Waals surface area contributed by atoms with Gasteiger partial charge in [0.1, 0.15) is 11.6 Å². The number of ether oxygens (including phenoxy) is 2. The predicted octanol–water partition coefficient (Wildman–Crippen LogP) is 14.6. The number of hydrogen-bond donors (Lipinski definition) is 3. The van der Waals surface area contributed by atoms with Crippen LogP contribution in [0.3, 0.4) is 0 Å². The number of rotatable bonds is 25. The Hall–Kier alpha value is -7.10. The molecule has 83 heavy (non-hydrogen) atoms. The second-order valence-corrected chi connectivity index (χ2v) is 24.6. The number of nitriles is 3. The van der Waals surface area contributed by atoms with E-state index < -0.39 is 22.6 Å². The normalized spacial score (nSPS) is 19.1. The lowest BCUT2D eigenvalue weighted by Crippen LogP contribution is -2.58. The first-order chi connectivity index (χ1) is 39.2. The van der Waals surface area contributed by atoms with Crippen molar-refractivity contribution in [2.75, 3.05) is 13.2 Å². The summed E-state index contributed by atoms with van der Waals surface area (Å²) in [6.45, 7) is 26.8. The molecule has 4 aromatic rings. The quantitative estimate of drug-likeness (QED) is 0.0318. The molecule has 0 bridgehead atoms. The summed E-state index contributed by atoms with van der Waals surface area (Å²) in [5.41, 5.74) is 0.988. The van der Waals surface area contributed by atoms with Crippen molar-refractivity contribution in [3.05, 3.63) is 150 Å². The molecule has 6 atom stereocenters. The fourth-order valence-corrected chi connectivity index (χ4v) is 10.5. The maximum Gasteiger partial charge on any atom is 0.303 e. The Balaban J connectivity index is 0.000000375. The Bertz CT molecular complexity index is 2710. The van der Waals surface area contributed by atoms with Crippen LogP contribution in [0.25, 0.3) is 6.08 Å². The van der Waals surface area contributed by atoms with E-state index >= 15 is 0 Å². The van der Waals surface area contributed by atoms with Gasteiger partial charge < -0.3 is 19.8 Å². The van der Waals surface area contributed by atoms with E-state index in [1.807, 2.05) is 73.7 Å². The van der Waals surface area contributed by atoms with Gasteiger partial charge in [-0.05, 0) is 162 Å². The molecule has 3 N–H and O–H groups in total. The van der Waals surface area contributed by atoms with Crippen molar-refractivity contribution in [3.63, 3.8) is 0 Å². The van der Waals surface area contributed by atoms with Crippen LogP contribution in [0.2, 0.25) is 0 Å². The summed E-state index contributed by atoms with van der Waals surface area (Å²) < 4.78 is 9.48. The van der Waals surface area contributed by atoms with Gasteiger partial charge in [-0.3, -0.25) is 24.5 Å². The van der Waals surface area contributed by atoms with Gasteiger partial charge in [-0.15, -0.1) is 0 Å². The number of carbonyl (C=O) groups is 3. The van der Waals surface area contributed by atoms with Gasteiger partial charge in [0, 0.05) is 47.5 Å². The molecule has 6 rings (SSSR count). The van der Waals surface area contributed by atoms with Crippen LogP contribution in [0.4, 0.5) is 0 Å². The Morgan fingerprint density at radius 1 is 0.639 bits per heavy atom. The molecule has 0 amide bonds. The van der Waals surface area contributed by atoms with Gasteiger partial charge >= 0.3 is 5.97 Å². The van der Waals surface area contributed by atoms with Crippen LogP contribution < -0.4 is 5.32 Å². The van der Waals surface area contributed by atoms with E-state index in [9.17, 15) is 24.9 Å². The van der Waals surface area contributed by atoms with Crippen LogP contribution in [0.5, 0.6) is 0 Å². The molecule has 2 heterocycles. The van der Waals surface area contributed by atoms with Gasteiger partial charge in [0.15, 0.2) is 11.1 Å². The minimum absolute atomic E-state index is 0.00493. The van der Waals surface area contributed by atoms with E-state index in [2.05, 4.69) is 166 Å². The predicted molar refractivity (Wildman–Crippen MR) is 324 cm³/mol. The van der Waals surface area contributed by atoms with E-state index in [-0.39, 0.29) is 79.2 Å². The van der Waals surface area contributed by atoms with Gasteiger partial charge in [-0.2, -0.15) is 36.1 Å². The highest BCUT2D eigenvalue weighted by atomic mass is 16.7. The van der Waals surface area contributed by atoms with Crippen LogP contribution in [0.1, 0.15) is 194 Å². The number of azo groups is 1. The van der Waals surface area contributed by atoms with Crippen molar-refractivity contribution >= 4 is 25.0 Å². The summed E-state index contributed by atoms with van der Waals surface area (Å²) >= 11 is 0. The van der Waals surface area contributed by atoms with Crippen LogP contribution in [0, 0.1) is 34.0 Å². The van der Waals surface area contributed by atoms with Gasteiger partial charge in [-0.1, -0.05) is 134 Å². The first-order valence-electron chi connectivity index (χ1n) is 28.7. The van der Waals surface area contributed by atoms with E-state index in [0.29, 0.717) is 12.9 Å². The Labute approximate surface area is 495 Å². The minimum atomic E-state index is -1.30. The second kappa shape index (κ2) is 33.3. The number of aliphatic carboxylic acids is 1. The Morgan fingerprint density at radius 3 is 1.47 bits per heavy atom. The number of hydrogen-bond acceptors (Lipinski definition) is 15. The fourth-order valence-electron chi connectivity index (χ4n) is 10.5. The average Bonchev–Trinajstić information content (AvgIpc) is 3.60. The lowest BCUT2D eigenvalue weighted by molar-refractivity contribution is -0.308. The Morgan fingerprint density at radius 2 is 1.06 bits per heavy atom. The monoisotopic (exact) mass is 1140 g/mol. The van der Waals surface area contributed by atoms with Crippen molar-refractivity contribution in [1.82, 2.24) is 15.4 Å². The third-order valence-electron chi connectivity index (χ3n) is 15.4. The highest BCUT2D eigenvalue weighted by Gasteiger charge is 2.45. The van der Waals surface area contributed by atoms with Crippen molar-refractivity contribution in [2.45, 2.75) is 210 Å². The molecule has 2 saturated heterocycles. The average molecular weight is 1140 g/mol. The van der Waals surface area contributed by atoms with Gasteiger partial charge in [0.05, 0.1) is 31.4 Å². The minimum Gasteiger partial charge on any atom is -0.481 e. The molecule has 2 fully saturated rings. The second-order valence-electron chi connectivity index (χ2n) is 24.6. The molecule has 4 aromatic carbocycles. The number of benzene rings is 4. The highest BCUT2D eigenvalue weighted by molar-refractivity contribution is 5.66. The number of carboxylic acid groups (broad SMARTS) is 1. The van der Waals surface area contributed by atoms with Crippen molar-refractivity contribution in [2.24, 2.45) is 10.2 Å². The molecular weight excluding hydrogens is 1040 g/mol. The van der Waals surface area contributed by atoms with Crippen molar-refractivity contribution in [1.29, 1.82) is 15.8 Å². The van der Waals surface area contributed by atoms with Crippen molar-refractivity contribution in [3.8, 4) is 18.2 Å². The first kappa shape index (κ1) is 70.2. The molecule has 2 aliphatic heterocycles. The lowest BCUT2D eigenvalue weighted by Gasteiger charge is -2.52. The maximum atomic E-state index is 10.8. The maximum absolute atomic E-state index is 10.8. The number of carbonyl (C=O) groups excluding carboxylic acids is 2. The third kappa shape index (κ3) is 23.6. The molecule has 6 unspecified atom stereocenters. The zero-order valence-corrected chi connectivity index (χ0v) is 51.1. The molecule has 0 aromatic heterocycles. The molecule has 16 heteroatoms. The van der Waals surface area contributed by atoms with E-state index in [1.165, 1.54) is 42.9 Å². The summed E-state index contributed by atoms with van der Waals surface area (Å²) in [4.78, 5) is 38.5. The van der Waals surface area contributed by atoms with Gasteiger partial charge in [0.25, 0.3) is 12.9 Å². The number of piperidine rings is 2. The molecule has 448 valence electrons. The Kier molecular flexibility index (Phi) is 28.1. The topological polar surface area (TPSA) is 234 Å². The van der Waals surface area contributed by atoms with Crippen LogP contribution in [-0.2, 0) is 28.7 Å². The van der Waals surface area contributed by atoms with E-state index in [1.54, 1.807) is 0 Å². The molecule has 0 aliphatic carbocycles. The smallest absolute Gasteiger partial charge is 0.303 e. The summed E-state index contributed by atoms with van der Waals surface area (Å²) in [7, 11) is 0. The molecule has 0 spiro atoms. The number of nitrogens with one attached hydrogen (secondary N) is 1. The zero-order valence-electron chi connectivity index (χ0n) is 51.1. The zero-order chi connectivity index (χ0) is 61.8. The summed E-state index contributed by atoms with van der Waals surface area (Å²) in [6, 6.07) is 47.7. The third-order valence-corrected chi connectivity index (χ3v) is 15.4. The van der Waals surface area contributed by atoms with Crippen LogP contribution >= 0.6 is 0 Å². The van der Waals surface area contributed by atoms with Crippen molar-refractivity contribution < 1.29 is 39.0 Å². The van der Waals surface area contributed by atoms with Crippen LogP contribution in [0.15, 0.2) is 138 Å². The first-order valence-corrected chi connectivity index (χ1v) is 28.7. The number of nitrogens with zero attached hydrogens (tertiary/aromatic N) is 7. The standard InChI is InChI=1S/C38H49N3O3.C12H16N4O4.C9H19NO.C8H8/c1-36(2)22-15-23-37(3,4)41(36)44-35(32-20-13-8-14-21-32)27-33(30-16-9-6-10-17-30)26-34(31-18-11-7-12-19-31)40-38(5,28-39)24-25-43-29-42;1-11(7-13,4-3-10(18)19)15-16-12(2,8-14)5-6-20-9-17;1-8(2)6-5-7-9(3,4)10(8)11;1-2-8-6-4-3-5-7-8/h6-14,16-21,29,33-35,40H,15,22-27H2,1-5H3;9H,3-6H2,1-2H3,(H,18,19);11H,5-7H2,1-4H3;2-7H,1H2. The summed E-state index contributed by atoms with van der Waals surface area (Å²) in [5, 5.41) is 61.8. The highest BCUT2D eigenvalue weighted by Crippen LogP contribution is 2.44. The largest absolute Gasteiger partial charge is 0.481 e. The molecule has 0 radical (unpaired) electrons. The van der Waals surface area contributed by atoms with E-state index in [4.69, 9.17) is 25.2 Å². The lowest BCUT2D eigenvalue weighted by atomic mass is 9.81. The summed E-state index contributed by atoms with van der Waals surface area (Å²) in [5.74, 6) is -0.923. The van der Waals surface area contributed by atoms with Gasteiger partial charge in [-0.25, -0.2) is 0 Å². The molecule has 2 aliphatic rings. The summed E-state index contributed by atoms with van der Waals surface area (Å²) in [6.07, 6.45) is 10.2. The van der Waals surface area contributed by atoms with Gasteiger partial charge in [0.2, 0.25) is 0 Å². The number of hydroxylamine groups is 4. The number of carboxylic acids is 1. The van der Waals surface area contributed by atoms with Crippen LogP contribution in [-0.4, -0.2) is 91.3 Å². The van der Waals surface area contributed by atoms with E-state index in [0.717, 1.165) is 49.7 Å². The molecular formula is C67H92N8O8. The fraction of sp³-hybridized carbons (Fsp3) is 0.522. The molecule has 16 nitrogen and oxygen atoms in total. The molecule has 0 saturated carbocycles.